The number of carbonyl (C=O) groups is 3. The van der Waals surface area contributed by atoms with Crippen molar-refractivity contribution in [3.63, 3.8) is 0 Å². The lowest BCUT2D eigenvalue weighted by molar-refractivity contribution is -0.143. The summed E-state index contributed by atoms with van der Waals surface area (Å²) < 4.78 is 0. The minimum absolute atomic E-state index is 0.132. The highest BCUT2D eigenvalue weighted by molar-refractivity contribution is 6.08. The molecule has 3 aliphatic rings. The molecule has 4 rings (SSSR count). The molecule has 0 aromatic heterocycles. The number of nitrogens with one attached hydrogen (secondary N) is 2. The van der Waals surface area contributed by atoms with Crippen LogP contribution in [0.1, 0.15) is 45.1 Å². The lowest BCUT2D eigenvalue weighted by Crippen LogP contribution is -2.47. The Kier molecular flexibility index (Phi) is 4.81. The number of benzene rings is 1. The number of fused-ring (bicyclic) bond motifs is 2. The molecule has 2 aliphatic heterocycles. The number of hydrogen-bond donors (Lipinski definition) is 2. The third-order valence-electron chi connectivity index (χ3n) is 6.13. The molecule has 1 saturated carbocycles. The first-order valence-corrected chi connectivity index (χ1v) is 10.2. The van der Waals surface area contributed by atoms with E-state index in [1.54, 1.807) is 0 Å². The number of para-hydroxylation sites is 1. The van der Waals surface area contributed by atoms with Gasteiger partial charge in [-0.15, -0.1) is 0 Å². The largest absolute Gasteiger partial charge is 0.353 e. The molecule has 1 aliphatic carbocycles. The van der Waals surface area contributed by atoms with Crippen LogP contribution in [-0.2, 0) is 19.8 Å². The van der Waals surface area contributed by atoms with Crippen LogP contribution < -0.4 is 10.6 Å². The SMILES string of the molecule is [C-]#[N+][C@@H]1C[C@@]2(CN1C(=O)C(CC(C)C)C(=O)NC1CC1)C(=O)Nc1ccccc12. The first-order chi connectivity index (χ1) is 13.9. The Labute approximate surface area is 170 Å². The van der Waals surface area contributed by atoms with Crippen molar-refractivity contribution >= 4 is 23.4 Å². The Hall–Kier alpha value is -2.88. The monoisotopic (exact) mass is 394 g/mol. The molecule has 1 spiro atoms. The van der Waals surface area contributed by atoms with Crippen LogP contribution in [0.25, 0.3) is 4.85 Å². The van der Waals surface area contributed by atoms with Crippen LogP contribution in [0, 0.1) is 18.4 Å². The van der Waals surface area contributed by atoms with E-state index >= 15 is 0 Å². The predicted molar refractivity (Wildman–Crippen MR) is 108 cm³/mol. The van der Waals surface area contributed by atoms with Gasteiger partial charge in [0.25, 0.3) is 0 Å². The quantitative estimate of drug-likeness (QED) is 0.594. The maximum absolute atomic E-state index is 13.4. The summed E-state index contributed by atoms with van der Waals surface area (Å²) in [4.78, 5) is 44.2. The normalized spacial score (nSPS) is 26.2. The molecule has 7 heteroatoms. The van der Waals surface area contributed by atoms with Gasteiger partial charge >= 0.3 is 6.17 Å². The smallest absolute Gasteiger partial charge is 0.302 e. The Morgan fingerprint density at radius 2 is 2.07 bits per heavy atom. The molecule has 0 bridgehead atoms. The number of amides is 3. The summed E-state index contributed by atoms with van der Waals surface area (Å²) in [5.74, 6) is -1.44. The minimum Gasteiger partial charge on any atom is -0.353 e. The molecular weight excluding hydrogens is 368 g/mol. The van der Waals surface area contributed by atoms with Gasteiger partial charge in [0.05, 0.1) is 6.42 Å². The van der Waals surface area contributed by atoms with Crippen molar-refractivity contribution in [1.29, 1.82) is 0 Å². The van der Waals surface area contributed by atoms with Crippen molar-refractivity contribution in [2.45, 2.75) is 57.2 Å². The lowest BCUT2D eigenvalue weighted by atomic mass is 9.80. The molecular formula is C22H26N4O3. The molecule has 3 amide bonds. The van der Waals surface area contributed by atoms with E-state index in [4.69, 9.17) is 6.57 Å². The average Bonchev–Trinajstić information content (AvgIpc) is 3.35. The maximum atomic E-state index is 13.4. The average molecular weight is 394 g/mol. The zero-order valence-electron chi connectivity index (χ0n) is 16.8. The fourth-order valence-corrected chi connectivity index (χ4v) is 4.48. The molecule has 7 nitrogen and oxygen atoms in total. The van der Waals surface area contributed by atoms with Crippen LogP contribution in [0.15, 0.2) is 24.3 Å². The third kappa shape index (κ3) is 3.37. The van der Waals surface area contributed by atoms with E-state index in [1.165, 1.54) is 4.90 Å². The molecule has 29 heavy (non-hydrogen) atoms. The van der Waals surface area contributed by atoms with Crippen LogP contribution in [0.5, 0.6) is 0 Å². The van der Waals surface area contributed by atoms with Crippen molar-refractivity contribution in [2.24, 2.45) is 11.8 Å². The molecule has 0 radical (unpaired) electrons. The van der Waals surface area contributed by atoms with Gasteiger partial charge in [0.15, 0.2) is 0 Å². The van der Waals surface area contributed by atoms with Gasteiger partial charge in [0.2, 0.25) is 17.7 Å². The Bertz CT molecular complexity index is 902. The summed E-state index contributed by atoms with van der Waals surface area (Å²) in [6.45, 7) is 11.7. The van der Waals surface area contributed by atoms with Gasteiger partial charge in [-0.25, -0.2) is 6.57 Å². The number of hydrogen-bond acceptors (Lipinski definition) is 3. The van der Waals surface area contributed by atoms with E-state index in [0.717, 1.165) is 24.1 Å². The zero-order valence-corrected chi connectivity index (χ0v) is 16.8. The summed E-state index contributed by atoms with van der Waals surface area (Å²) in [5, 5.41) is 5.83. The van der Waals surface area contributed by atoms with Crippen LogP contribution >= 0.6 is 0 Å². The second kappa shape index (κ2) is 7.18. The topological polar surface area (TPSA) is 82.9 Å². The summed E-state index contributed by atoms with van der Waals surface area (Å²) in [5.41, 5.74) is 0.647. The third-order valence-corrected chi connectivity index (χ3v) is 6.13. The van der Waals surface area contributed by atoms with Crippen molar-refractivity contribution < 1.29 is 14.4 Å². The van der Waals surface area contributed by atoms with E-state index in [-0.39, 0.29) is 42.6 Å². The molecule has 2 fully saturated rings. The Morgan fingerprint density at radius 3 is 2.72 bits per heavy atom. The second-order valence-electron chi connectivity index (χ2n) is 8.83. The predicted octanol–water partition coefficient (Wildman–Crippen LogP) is 2.30. The molecule has 1 unspecified atom stereocenters. The van der Waals surface area contributed by atoms with Crippen molar-refractivity contribution in [1.82, 2.24) is 10.2 Å². The highest BCUT2D eigenvalue weighted by atomic mass is 16.2. The van der Waals surface area contributed by atoms with Gasteiger partial charge in [-0.05, 0) is 36.8 Å². The highest BCUT2D eigenvalue weighted by Gasteiger charge is 2.59. The molecule has 2 N–H and O–H groups in total. The Morgan fingerprint density at radius 1 is 1.34 bits per heavy atom. The van der Waals surface area contributed by atoms with Gasteiger partial charge in [0.1, 0.15) is 11.3 Å². The fraction of sp³-hybridized carbons (Fsp3) is 0.545. The van der Waals surface area contributed by atoms with E-state index in [0.29, 0.717) is 6.42 Å². The van der Waals surface area contributed by atoms with Crippen molar-refractivity contribution in [3.05, 3.63) is 41.2 Å². The van der Waals surface area contributed by atoms with Crippen molar-refractivity contribution in [2.75, 3.05) is 11.9 Å². The Balaban J connectivity index is 1.63. The summed E-state index contributed by atoms with van der Waals surface area (Å²) in [7, 11) is 0. The summed E-state index contributed by atoms with van der Waals surface area (Å²) in [6, 6.07) is 7.60. The molecule has 1 aromatic carbocycles. The number of rotatable bonds is 5. The first-order valence-electron chi connectivity index (χ1n) is 10.2. The van der Waals surface area contributed by atoms with Gasteiger partial charge in [-0.2, -0.15) is 0 Å². The number of carbonyl (C=O) groups excluding carboxylic acids is 3. The minimum atomic E-state index is -0.920. The number of nitrogens with zero attached hydrogens (tertiary/aromatic N) is 2. The number of anilines is 1. The molecule has 3 atom stereocenters. The van der Waals surface area contributed by atoms with Crippen LogP contribution in [-0.4, -0.2) is 41.4 Å². The van der Waals surface area contributed by atoms with Gasteiger partial charge in [-0.1, -0.05) is 32.0 Å². The van der Waals surface area contributed by atoms with Gasteiger partial charge in [-0.3, -0.25) is 24.1 Å². The molecule has 1 aromatic rings. The summed E-state index contributed by atoms with van der Waals surface area (Å²) in [6.07, 6.45) is 1.83. The highest BCUT2D eigenvalue weighted by Crippen LogP contribution is 2.47. The van der Waals surface area contributed by atoms with Crippen LogP contribution in [0.4, 0.5) is 5.69 Å². The molecule has 152 valence electrons. The second-order valence-corrected chi connectivity index (χ2v) is 8.83. The number of likely N-dealkylation sites (tertiary alicyclic amines) is 1. The molecule has 1 saturated heterocycles. The maximum Gasteiger partial charge on any atom is 0.302 e. The van der Waals surface area contributed by atoms with Crippen molar-refractivity contribution in [3.8, 4) is 0 Å². The van der Waals surface area contributed by atoms with Gasteiger partial charge < -0.3 is 10.6 Å². The van der Waals surface area contributed by atoms with Gasteiger partial charge in [0, 0.05) is 18.3 Å². The fourth-order valence-electron chi connectivity index (χ4n) is 4.48. The summed E-state index contributed by atoms with van der Waals surface area (Å²) >= 11 is 0. The molecule has 2 heterocycles. The van der Waals surface area contributed by atoms with Crippen LogP contribution in [0.3, 0.4) is 0 Å². The standard InChI is InChI=1S/C22H26N4O3/c1-13(2)10-15(19(27)24-14-8-9-14)20(28)26-12-22(11-18(26)23-3)16-6-4-5-7-17(16)25-21(22)29/h4-7,13-15,18H,8-12H2,1-2H3,(H,24,27)(H,25,29)/t15?,18-,22-/m0/s1. The van der Waals surface area contributed by atoms with E-state index in [1.807, 2.05) is 38.1 Å². The first kappa shape index (κ1) is 19.4. The van der Waals surface area contributed by atoms with Crippen LogP contribution in [0.2, 0.25) is 0 Å². The lowest BCUT2D eigenvalue weighted by Gasteiger charge is -2.25. The van der Waals surface area contributed by atoms with E-state index < -0.39 is 17.5 Å². The zero-order chi connectivity index (χ0) is 20.8. The van der Waals surface area contributed by atoms with E-state index in [9.17, 15) is 14.4 Å². The van der Waals surface area contributed by atoms with E-state index in [2.05, 4.69) is 15.5 Å².